The van der Waals surface area contributed by atoms with E-state index in [1.54, 1.807) is 25.2 Å². The molecule has 2 aromatic carbocycles. The molecule has 0 atom stereocenters. The average molecular weight is 372 g/mol. The summed E-state index contributed by atoms with van der Waals surface area (Å²) in [4.78, 5) is 26.9. The van der Waals surface area contributed by atoms with Crippen molar-refractivity contribution in [2.24, 2.45) is 10.7 Å². The van der Waals surface area contributed by atoms with E-state index in [9.17, 15) is 14.7 Å². The predicted molar refractivity (Wildman–Crippen MR) is 105 cm³/mol. The maximum atomic E-state index is 12.1. The zero-order valence-electron chi connectivity index (χ0n) is 15.2. The van der Waals surface area contributed by atoms with Gasteiger partial charge >= 0.3 is 5.97 Å². The lowest BCUT2D eigenvalue weighted by molar-refractivity contribution is -0.116. The molecule has 8 nitrogen and oxygen atoms in total. The molecule has 8 heteroatoms. The molecule has 27 heavy (non-hydrogen) atoms. The Morgan fingerprint density at radius 1 is 1.15 bits per heavy atom. The number of nitrogens with two attached hydrogens (primary N) is 1. The molecule has 0 radical (unpaired) electrons. The number of rotatable bonds is 8. The van der Waals surface area contributed by atoms with Crippen LogP contribution in [-0.4, -0.2) is 41.6 Å². The molecular weight excluding hydrogens is 348 g/mol. The van der Waals surface area contributed by atoms with Crippen LogP contribution in [0, 0.1) is 0 Å². The number of fused-ring (bicyclic) bond motifs is 1. The van der Waals surface area contributed by atoms with Crippen LogP contribution in [-0.2, 0) is 4.79 Å². The highest BCUT2D eigenvalue weighted by Gasteiger charge is 2.10. The molecule has 0 spiro atoms. The second-order valence-electron chi connectivity index (χ2n) is 6.13. The van der Waals surface area contributed by atoms with Crippen LogP contribution >= 0.6 is 0 Å². The number of amides is 1. The first-order valence-electron chi connectivity index (χ1n) is 8.66. The van der Waals surface area contributed by atoms with Crippen LogP contribution in [0.15, 0.2) is 35.3 Å². The first-order valence-corrected chi connectivity index (χ1v) is 8.66. The standard InChI is InChI=1S/C19H24N4O4/c1-21-19(20)22-8-4-2-3-5-17(25)23-14-7-6-12-9-13(18(26)27)10-16(24)15(12)11-14/h6-7,9-11,24H,2-5,8H2,1H3,(H,23,25)(H,26,27)(H3,20,21,22). The fourth-order valence-corrected chi connectivity index (χ4v) is 2.65. The van der Waals surface area contributed by atoms with Crippen molar-refractivity contribution in [3.05, 3.63) is 35.9 Å². The fourth-order valence-electron chi connectivity index (χ4n) is 2.65. The number of aromatic carboxylic acids is 1. The Morgan fingerprint density at radius 3 is 2.63 bits per heavy atom. The number of anilines is 1. The second-order valence-corrected chi connectivity index (χ2v) is 6.13. The van der Waals surface area contributed by atoms with Gasteiger partial charge < -0.3 is 26.6 Å². The number of aromatic hydroxyl groups is 1. The van der Waals surface area contributed by atoms with Crippen molar-refractivity contribution in [2.45, 2.75) is 25.7 Å². The molecule has 0 unspecified atom stereocenters. The number of phenols is 1. The van der Waals surface area contributed by atoms with E-state index in [0.29, 0.717) is 35.4 Å². The molecule has 0 aromatic heterocycles. The summed E-state index contributed by atoms with van der Waals surface area (Å²) in [6.45, 7) is 0.715. The molecule has 2 aromatic rings. The molecule has 144 valence electrons. The summed E-state index contributed by atoms with van der Waals surface area (Å²) in [5, 5.41) is 25.9. The van der Waals surface area contributed by atoms with Gasteiger partial charge in [-0.1, -0.05) is 12.5 Å². The monoisotopic (exact) mass is 372 g/mol. The second kappa shape index (κ2) is 9.42. The smallest absolute Gasteiger partial charge is 0.335 e. The summed E-state index contributed by atoms with van der Waals surface area (Å²) in [6, 6.07) is 7.66. The third kappa shape index (κ3) is 5.88. The van der Waals surface area contributed by atoms with Gasteiger partial charge in [-0.3, -0.25) is 9.79 Å². The average Bonchev–Trinajstić information content (AvgIpc) is 2.64. The lowest BCUT2D eigenvalue weighted by atomic mass is 10.0. The SMILES string of the molecule is CN=C(N)NCCCCCC(=O)Nc1ccc2cc(C(=O)O)cc(O)c2c1. The van der Waals surface area contributed by atoms with Crippen LogP contribution in [0.5, 0.6) is 5.75 Å². The summed E-state index contributed by atoms with van der Waals surface area (Å²) in [6.07, 6.45) is 2.91. The minimum Gasteiger partial charge on any atom is -0.507 e. The van der Waals surface area contributed by atoms with Gasteiger partial charge in [0.1, 0.15) is 5.75 Å². The minimum atomic E-state index is -1.11. The van der Waals surface area contributed by atoms with Crippen LogP contribution in [0.1, 0.15) is 36.0 Å². The normalized spacial score (nSPS) is 11.4. The number of phenolic OH excluding ortho intramolecular Hbond substituents is 1. The fraction of sp³-hybridized carbons (Fsp3) is 0.316. The predicted octanol–water partition coefficient (Wildman–Crippen LogP) is 2.28. The van der Waals surface area contributed by atoms with Crippen molar-refractivity contribution in [2.75, 3.05) is 18.9 Å². The van der Waals surface area contributed by atoms with Gasteiger partial charge in [0.2, 0.25) is 5.91 Å². The molecule has 0 aliphatic heterocycles. The molecule has 0 aliphatic rings. The molecular formula is C19H24N4O4. The minimum absolute atomic E-state index is 0.0123. The van der Waals surface area contributed by atoms with Crippen LogP contribution in [0.25, 0.3) is 10.8 Å². The van der Waals surface area contributed by atoms with E-state index in [4.69, 9.17) is 10.8 Å². The number of carbonyl (C=O) groups excluding carboxylic acids is 1. The highest BCUT2D eigenvalue weighted by molar-refractivity contribution is 6.00. The Morgan fingerprint density at radius 2 is 1.93 bits per heavy atom. The van der Waals surface area contributed by atoms with Crippen LogP contribution < -0.4 is 16.4 Å². The van der Waals surface area contributed by atoms with Gasteiger partial charge in [0, 0.05) is 31.1 Å². The van der Waals surface area contributed by atoms with Gasteiger partial charge in [-0.15, -0.1) is 0 Å². The summed E-state index contributed by atoms with van der Waals surface area (Å²) >= 11 is 0. The Labute approximate surface area is 157 Å². The number of carbonyl (C=O) groups is 2. The summed E-state index contributed by atoms with van der Waals surface area (Å²) < 4.78 is 0. The van der Waals surface area contributed by atoms with Gasteiger partial charge in [0.25, 0.3) is 0 Å². The number of nitrogens with zero attached hydrogens (tertiary/aromatic N) is 1. The molecule has 6 N–H and O–H groups in total. The van der Waals surface area contributed by atoms with Crippen LogP contribution in [0.4, 0.5) is 5.69 Å². The Balaban J connectivity index is 1.87. The van der Waals surface area contributed by atoms with Crippen LogP contribution in [0.2, 0.25) is 0 Å². The number of benzene rings is 2. The van der Waals surface area contributed by atoms with E-state index in [-0.39, 0.29) is 17.2 Å². The van der Waals surface area contributed by atoms with Gasteiger partial charge in [0.05, 0.1) is 5.56 Å². The molecule has 0 fully saturated rings. The van der Waals surface area contributed by atoms with Crippen molar-refractivity contribution >= 4 is 34.3 Å². The molecule has 1 amide bonds. The van der Waals surface area contributed by atoms with Gasteiger partial charge in [-0.2, -0.15) is 0 Å². The van der Waals surface area contributed by atoms with Gasteiger partial charge in [-0.05, 0) is 42.5 Å². The number of nitrogens with one attached hydrogen (secondary N) is 2. The third-order valence-corrected chi connectivity index (χ3v) is 4.09. The Kier molecular flexibility index (Phi) is 6.99. The first-order chi connectivity index (χ1) is 12.9. The zero-order chi connectivity index (χ0) is 19.8. The number of hydrogen-bond donors (Lipinski definition) is 5. The molecule has 0 saturated carbocycles. The van der Waals surface area contributed by atoms with Crippen molar-refractivity contribution in [3.8, 4) is 5.75 Å². The number of unbranched alkanes of at least 4 members (excludes halogenated alkanes) is 2. The molecule has 2 rings (SSSR count). The van der Waals surface area contributed by atoms with Crippen molar-refractivity contribution in [3.63, 3.8) is 0 Å². The van der Waals surface area contributed by atoms with E-state index in [0.717, 1.165) is 19.3 Å². The lowest BCUT2D eigenvalue weighted by Gasteiger charge is -2.09. The van der Waals surface area contributed by atoms with Gasteiger partial charge in [0.15, 0.2) is 5.96 Å². The highest BCUT2D eigenvalue weighted by atomic mass is 16.4. The molecule has 0 heterocycles. The number of guanidine groups is 1. The lowest BCUT2D eigenvalue weighted by Crippen LogP contribution is -2.32. The quantitative estimate of drug-likeness (QED) is 0.274. The molecule has 0 saturated heterocycles. The summed E-state index contributed by atoms with van der Waals surface area (Å²) in [7, 11) is 1.62. The van der Waals surface area contributed by atoms with Gasteiger partial charge in [-0.25, -0.2) is 4.79 Å². The number of hydrogen-bond acceptors (Lipinski definition) is 4. The summed E-state index contributed by atoms with van der Waals surface area (Å²) in [5.74, 6) is -0.950. The van der Waals surface area contributed by atoms with E-state index in [1.807, 2.05) is 0 Å². The number of aliphatic imine (C=N–C) groups is 1. The van der Waals surface area contributed by atoms with E-state index >= 15 is 0 Å². The van der Waals surface area contributed by atoms with E-state index < -0.39 is 5.97 Å². The summed E-state index contributed by atoms with van der Waals surface area (Å²) in [5.41, 5.74) is 6.09. The maximum Gasteiger partial charge on any atom is 0.335 e. The topological polar surface area (TPSA) is 137 Å². The first kappa shape index (κ1) is 20.0. The third-order valence-electron chi connectivity index (χ3n) is 4.09. The maximum absolute atomic E-state index is 12.1. The molecule has 0 bridgehead atoms. The largest absolute Gasteiger partial charge is 0.507 e. The number of carboxylic acid groups (broad SMARTS) is 1. The van der Waals surface area contributed by atoms with Crippen LogP contribution in [0.3, 0.4) is 0 Å². The van der Waals surface area contributed by atoms with Crippen molar-refractivity contribution in [1.29, 1.82) is 0 Å². The molecule has 0 aliphatic carbocycles. The van der Waals surface area contributed by atoms with E-state index in [2.05, 4.69) is 15.6 Å². The van der Waals surface area contributed by atoms with Crippen molar-refractivity contribution in [1.82, 2.24) is 5.32 Å². The Bertz CT molecular complexity index is 864. The number of carboxylic acids is 1. The zero-order valence-corrected chi connectivity index (χ0v) is 15.2. The van der Waals surface area contributed by atoms with E-state index in [1.165, 1.54) is 12.1 Å². The Hall–Kier alpha value is -3.29. The van der Waals surface area contributed by atoms with Crippen molar-refractivity contribution < 1.29 is 19.8 Å². The highest BCUT2D eigenvalue weighted by Crippen LogP contribution is 2.29.